The lowest BCUT2D eigenvalue weighted by Crippen LogP contribution is -2.12. The second-order valence-electron chi connectivity index (χ2n) is 4.21. The van der Waals surface area contributed by atoms with Gasteiger partial charge in [-0.3, -0.25) is 10.1 Å². The number of hydrogen-bond donors (Lipinski definition) is 0. The molecule has 0 atom stereocenters. The van der Waals surface area contributed by atoms with E-state index >= 15 is 0 Å². The minimum Gasteiger partial charge on any atom is -0.484 e. The molecule has 0 fully saturated rings. The summed E-state index contributed by atoms with van der Waals surface area (Å²) >= 11 is 0. The van der Waals surface area contributed by atoms with E-state index in [1.54, 1.807) is 13.8 Å². The van der Waals surface area contributed by atoms with E-state index in [1.165, 1.54) is 0 Å². The highest BCUT2D eigenvalue weighted by molar-refractivity contribution is 8.13. The molecular weight excluding hydrogens is 329 g/mol. The van der Waals surface area contributed by atoms with Crippen LogP contribution in [-0.2, 0) is 13.8 Å². The summed E-state index contributed by atoms with van der Waals surface area (Å²) in [6.07, 6.45) is -0.0518. The predicted molar refractivity (Wildman–Crippen MR) is 72.7 cm³/mol. The second kappa shape index (κ2) is 7.01. The van der Waals surface area contributed by atoms with Gasteiger partial charge in [0.05, 0.1) is 17.6 Å². The van der Waals surface area contributed by atoms with Gasteiger partial charge in [0.2, 0.25) is 0 Å². The number of halogens is 2. The molecule has 10 heteroatoms. The molecule has 0 saturated heterocycles. The Morgan fingerprint density at radius 2 is 2.00 bits per heavy atom. The standard InChI is InChI=1S/C11H13ClFNO6S/c1-7(2)19-3-4-20-10-5-8(13)11(21(12,17)18)6-9(10)14(15)16/h5-7H,3-4H2,1-2H3. The summed E-state index contributed by atoms with van der Waals surface area (Å²) in [5.41, 5.74) is -0.694. The fourth-order valence-electron chi connectivity index (χ4n) is 1.40. The number of nitro benzene ring substituents is 1. The summed E-state index contributed by atoms with van der Waals surface area (Å²) in [5.74, 6) is -1.62. The van der Waals surface area contributed by atoms with Crippen molar-refractivity contribution in [3.8, 4) is 5.75 Å². The first-order chi connectivity index (χ1) is 9.62. The molecule has 7 nitrogen and oxygen atoms in total. The van der Waals surface area contributed by atoms with Crippen LogP contribution >= 0.6 is 10.7 Å². The highest BCUT2D eigenvalue weighted by Crippen LogP contribution is 2.33. The summed E-state index contributed by atoms with van der Waals surface area (Å²) in [4.78, 5) is 9.03. The van der Waals surface area contributed by atoms with Gasteiger partial charge in [-0.15, -0.1) is 0 Å². The molecule has 0 radical (unpaired) electrons. The molecule has 0 amide bonds. The molecule has 1 aromatic rings. The Labute approximate surface area is 125 Å². The predicted octanol–water partition coefficient (Wildman–Crippen LogP) is 2.47. The molecule has 118 valence electrons. The van der Waals surface area contributed by atoms with Crippen LogP contribution in [0.1, 0.15) is 13.8 Å². The summed E-state index contributed by atoms with van der Waals surface area (Å²) in [6.45, 7) is 3.68. The maximum atomic E-state index is 13.6. The summed E-state index contributed by atoms with van der Waals surface area (Å²) < 4.78 is 46.1. The third kappa shape index (κ3) is 5.10. The van der Waals surface area contributed by atoms with Crippen LogP contribution in [0.3, 0.4) is 0 Å². The van der Waals surface area contributed by atoms with E-state index in [-0.39, 0.29) is 19.3 Å². The van der Waals surface area contributed by atoms with E-state index in [9.17, 15) is 22.9 Å². The van der Waals surface area contributed by atoms with Gasteiger partial charge in [0.1, 0.15) is 17.3 Å². The van der Waals surface area contributed by atoms with E-state index in [2.05, 4.69) is 0 Å². The van der Waals surface area contributed by atoms with Gasteiger partial charge in [-0.2, -0.15) is 0 Å². The molecule has 1 rings (SSSR count). The van der Waals surface area contributed by atoms with Gasteiger partial charge in [0.15, 0.2) is 5.75 Å². The lowest BCUT2D eigenvalue weighted by atomic mass is 10.3. The van der Waals surface area contributed by atoms with Crippen molar-refractivity contribution >= 4 is 25.4 Å². The first kappa shape index (κ1) is 17.6. The fourth-order valence-corrected chi connectivity index (χ4v) is 2.30. The Kier molecular flexibility index (Phi) is 5.87. The number of hydrogen-bond acceptors (Lipinski definition) is 6. The Hall–Kier alpha value is -1.45. The summed E-state index contributed by atoms with van der Waals surface area (Å²) in [6, 6.07) is 1.14. The number of benzene rings is 1. The van der Waals surface area contributed by atoms with E-state index < -0.39 is 36.1 Å². The minimum absolute atomic E-state index is 0.0502. The van der Waals surface area contributed by atoms with Crippen molar-refractivity contribution in [1.82, 2.24) is 0 Å². The zero-order valence-electron chi connectivity index (χ0n) is 11.2. The van der Waals surface area contributed by atoms with Crippen LogP contribution in [0.4, 0.5) is 10.1 Å². The Morgan fingerprint density at radius 3 is 2.48 bits per heavy atom. The molecule has 0 N–H and O–H groups in total. The van der Waals surface area contributed by atoms with Crippen LogP contribution in [0.2, 0.25) is 0 Å². The van der Waals surface area contributed by atoms with Crippen molar-refractivity contribution in [2.24, 2.45) is 0 Å². The normalized spacial score (nSPS) is 11.7. The van der Waals surface area contributed by atoms with Gasteiger partial charge >= 0.3 is 5.69 Å². The summed E-state index contributed by atoms with van der Waals surface area (Å²) in [5, 5.41) is 10.9. The fraction of sp³-hybridized carbons (Fsp3) is 0.455. The number of ether oxygens (including phenoxy) is 2. The van der Waals surface area contributed by atoms with Crippen LogP contribution in [0.5, 0.6) is 5.75 Å². The van der Waals surface area contributed by atoms with Crippen molar-refractivity contribution in [3.05, 3.63) is 28.1 Å². The topological polar surface area (TPSA) is 95.7 Å². The molecule has 0 unspecified atom stereocenters. The van der Waals surface area contributed by atoms with Crippen molar-refractivity contribution in [1.29, 1.82) is 0 Å². The number of nitrogens with zero attached hydrogens (tertiary/aromatic N) is 1. The molecule has 0 aromatic heterocycles. The van der Waals surface area contributed by atoms with Crippen LogP contribution in [0.25, 0.3) is 0 Å². The zero-order valence-corrected chi connectivity index (χ0v) is 12.8. The van der Waals surface area contributed by atoms with Crippen LogP contribution in [0.15, 0.2) is 17.0 Å². The minimum atomic E-state index is -4.43. The third-order valence-electron chi connectivity index (χ3n) is 2.26. The van der Waals surface area contributed by atoms with Crippen LogP contribution < -0.4 is 4.74 Å². The number of rotatable bonds is 7. The van der Waals surface area contributed by atoms with E-state index in [0.717, 1.165) is 0 Å². The van der Waals surface area contributed by atoms with Crippen molar-refractivity contribution in [2.45, 2.75) is 24.8 Å². The van der Waals surface area contributed by atoms with Gasteiger partial charge in [0, 0.05) is 22.8 Å². The van der Waals surface area contributed by atoms with Gasteiger partial charge in [0.25, 0.3) is 9.05 Å². The molecular formula is C11H13ClFNO6S. The summed E-state index contributed by atoms with van der Waals surface area (Å²) in [7, 11) is 0.573. The monoisotopic (exact) mass is 341 g/mol. The molecule has 0 bridgehead atoms. The highest BCUT2D eigenvalue weighted by Gasteiger charge is 2.25. The van der Waals surface area contributed by atoms with Gasteiger partial charge in [-0.25, -0.2) is 12.8 Å². The third-order valence-corrected chi connectivity index (χ3v) is 3.60. The van der Waals surface area contributed by atoms with Gasteiger partial charge in [-0.1, -0.05) is 0 Å². The maximum Gasteiger partial charge on any atom is 0.312 e. The molecule has 0 aliphatic carbocycles. The largest absolute Gasteiger partial charge is 0.484 e. The molecule has 0 aliphatic heterocycles. The molecule has 21 heavy (non-hydrogen) atoms. The van der Waals surface area contributed by atoms with Crippen LogP contribution in [0, 0.1) is 15.9 Å². The Morgan fingerprint density at radius 1 is 1.38 bits per heavy atom. The van der Waals surface area contributed by atoms with Crippen LogP contribution in [-0.4, -0.2) is 32.7 Å². The van der Waals surface area contributed by atoms with E-state index in [0.29, 0.717) is 12.1 Å². The van der Waals surface area contributed by atoms with Crippen molar-refractivity contribution < 1.29 is 27.2 Å². The van der Waals surface area contributed by atoms with Crippen molar-refractivity contribution in [2.75, 3.05) is 13.2 Å². The molecule has 0 saturated carbocycles. The Bertz CT molecular complexity index is 634. The SMILES string of the molecule is CC(C)OCCOc1cc(F)c(S(=O)(=O)Cl)cc1[N+](=O)[O-]. The van der Waals surface area contributed by atoms with E-state index in [4.69, 9.17) is 20.2 Å². The lowest BCUT2D eigenvalue weighted by Gasteiger charge is -2.10. The zero-order chi connectivity index (χ0) is 16.2. The molecule has 1 aromatic carbocycles. The smallest absolute Gasteiger partial charge is 0.312 e. The lowest BCUT2D eigenvalue weighted by molar-refractivity contribution is -0.386. The average molecular weight is 342 g/mol. The Balaban J connectivity index is 3.04. The highest BCUT2D eigenvalue weighted by atomic mass is 35.7. The average Bonchev–Trinajstić information content (AvgIpc) is 2.32. The maximum absolute atomic E-state index is 13.6. The quantitative estimate of drug-likeness (QED) is 0.327. The van der Waals surface area contributed by atoms with Crippen molar-refractivity contribution in [3.63, 3.8) is 0 Å². The van der Waals surface area contributed by atoms with Gasteiger partial charge in [-0.05, 0) is 13.8 Å². The first-order valence-electron chi connectivity index (χ1n) is 5.80. The van der Waals surface area contributed by atoms with Gasteiger partial charge < -0.3 is 9.47 Å². The molecule has 0 heterocycles. The second-order valence-corrected chi connectivity index (χ2v) is 6.75. The molecule has 0 spiro atoms. The first-order valence-corrected chi connectivity index (χ1v) is 8.11. The molecule has 0 aliphatic rings. The number of nitro groups is 1. The van der Waals surface area contributed by atoms with E-state index in [1.807, 2.05) is 0 Å².